The largest absolute Gasteiger partial charge is 0.481 e. The van der Waals surface area contributed by atoms with Crippen LogP contribution in [0.15, 0.2) is 29.4 Å². The van der Waals surface area contributed by atoms with Crippen molar-refractivity contribution in [3.05, 3.63) is 24.3 Å². The van der Waals surface area contributed by atoms with E-state index in [1.807, 2.05) is 18.2 Å². The van der Waals surface area contributed by atoms with Crippen LogP contribution in [-0.2, 0) is 4.79 Å². The van der Waals surface area contributed by atoms with Crippen LogP contribution in [0, 0.1) is 5.92 Å². The number of para-hydroxylation sites is 2. The number of carbonyl (C=O) groups is 1. The van der Waals surface area contributed by atoms with Crippen molar-refractivity contribution in [3.8, 4) is 0 Å². The first-order valence-corrected chi connectivity index (χ1v) is 7.84. The Labute approximate surface area is 123 Å². The Hall–Kier alpha value is -1.49. The minimum Gasteiger partial charge on any atom is -0.481 e. The fourth-order valence-electron chi connectivity index (χ4n) is 2.52. The van der Waals surface area contributed by atoms with Gasteiger partial charge in [-0.3, -0.25) is 4.79 Å². The second-order valence-electron chi connectivity index (χ2n) is 5.16. The molecule has 1 unspecified atom stereocenters. The molecule has 0 fully saturated rings. The molecule has 0 amide bonds. The van der Waals surface area contributed by atoms with Crippen LogP contribution in [-0.4, -0.2) is 26.4 Å². The van der Waals surface area contributed by atoms with Crippen molar-refractivity contribution in [1.82, 2.24) is 9.55 Å². The number of aliphatic carboxylic acids is 1. The predicted octanol–water partition coefficient (Wildman–Crippen LogP) is 3.82. The lowest BCUT2D eigenvalue weighted by atomic mass is 10.0. The first-order chi connectivity index (χ1) is 9.54. The summed E-state index contributed by atoms with van der Waals surface area (Å²) < 4.78 is 2.20. The number of fused-ring (bicyclic) bond motifs is 1. The van der Waals surface area contributed by atoms with E-state index >= 15 is 0 Å². The molecule has 0 spiro atoms. The second kappa shape index (κ2) is 6.31. The smallest absolute Gasteiger partial charge is 0.313 e. The van der Waals surface area contributed by atoms with E-state index in [9.17, 15) is 4.79 Å². The van der Waals surface area contributed by atoms with Gasteiger partial charge in [-0.25, -0.2) is 4.98 Å². The molecule has 108 valence electrons. The van der Waals surface area contributed by atoms with Crippen LogP contribution in [0.25, 0.3) is 11.0 Å². The molecule has 1 atom stereocenters. The molecular weight excluding hydrogens is 272 g/mol. The molecule has 1 aromatic carbocycles. The molecule has 4 nitrogen and oxygen atoms in total. The van der Waals surface area contributed by atoms with Gasteiger partial charge in [-0.2, -0.15) is 0 Å². The molecular formula is C15H20N2O2S. The number of nitrogens with zero attached hydrogens (tertiary/aromatic N) is 2. The lowest BCUT2D eigenvalue weighted by Crippen LogP contribution is -2.15. The van der Waals surface area contributed by atoms with Crippen LogP contribution in [0.3, 0.4) is 0 Å². The van der Waals surface area contributed by atoms with Crippen molar-refractivity contribution < 1.29 is 9.90 Å². The van der Waals surface area contributed by atoms with E-state index in [0.29, 0.717) is 12.0 Å². The Kier molecular flexibility index (Phi) is 4.70. The maximum absolute atomic E-state index is 10.8. The van der Waals surface area contributed by atoms with E-state index in [4.69, 9.17) is 5.11 Å². The van der Waals surface area contributed by atoms with Gasteiger partial charge in [-0.15, -0.1) is 0 Å². The monoisotopic (exact) mass is 292 g/mol. The normalized spacial score (nSPS) is 13.0. The number of imidazole rings is 1. The predicted molar refractivity (Wildman–Crippen MR) is 82.3 cm³/mol. The lowest BCUT2D eigenvalue weighted by molar-refractivity contribution is -0.133. The standard InChI is InChI=1S/C15H20N2O2S/c1-4-12(10(2)3)17-13-8-6-5-7-11(13)16-15(17)20-9-14(18)19/h5-8,10,12H,4,9H2,1-3H3,(H,18,19). The summed E-state index contributed by atoms with van der Waals surface area (Å²) in [7, 11) is 0. The topological polar surface area (TPSA) is 55.1 Å². The highest BCUT2D eigenvalue weighted by molar-refractivity contribution is 7.99. The molecule has 20 heavy (non-hydrogen) atoms. The van der Waals surface area contributed by atoms with E-state index < -0.39 is 5.97 Å². The van der Waals surface area contributed by atoms with Gasteiger partial charge in [-0.05, 0) is 24.5 Å². The highest BCUT2D eigenvalue weighted by Crippen LogP contribution is 2.32. The second-order valence-corrected chi connectivity index (χ2v) is 6.10. The van der Waals surface area contributed by atoms with Gasteiger partial charge in [-0.1, -0.05) is 44.7 Å². The maximum Gasteiger partial charge on any atom is 0.313 e. The van der Waals surface area contributed by atoms with Crippen molar-refractivity contribution in [3.63, 3.8) is 0 Å². The van der Waals surface area contributed by atoms with Gasteiger partial charge in [0.15, 0.2) is 5.16 Å². The zero-order valence-electron chi connectivity index (χ0n) is 12.0. The van der Waals surface area contributed by atoms with Gasteiger partial charge in [0.05, 0.1) is 16.8 Å². The number of carboxylic acids is 1. The Bertz CT molecular complexity index is 607. The molecule has 2 rings (SSSR count). The van der Waals surface area contributed by atoms with Crippen molar-refractivity contribution in [1.29, 1.82) is 0 Å². The molecule has 0 radical (unpaired) electrons. The Morgan fingerprint density at radius 1 is 1.40 bits per heavy atom. The first-order valence-electron chi connectivity index (χ1n) is 6.86. The molecule has 5 heteroatoms. The third-order valence-corrected chi connectivity index (χ3v) is 4.35. The number of hydrogen-bond donors (Lipinski definition) is 1. The summed E-state index contributed by atoms with van der Waals surface area (Å²) in [5, 5.41) is 9.69. The van der Waals surface area contributed by atoms with Crippen LogP contribution in [0.5, 0.6) is 0 Å². The molecule has 0 saturated heterocycles. The van der Waals surface area contributed by atoms with Crippen molar-refractivity contribution >= 4 is 28.8 Å². The van der Waals surface area contributed by atoms with Gasteiger partial charge >= 0.3 is 5.97 Å². The van der Waals surface area contributed by atoms with Crippen molar-refractivity contribution in [2.75, 3.05) is 5.75 Å². The Morgan fingerprint density at radius 2 is 2.10 bits per heavy atom. The Balaban J connectivity index is 2.51. The number of benzene rings is 1. The van der Waals surface area contributed by atoms with Gasteiger partial charge < -0.3 is 9.67 Å². The van der Waals surface area contributed by atoms with Crippen LogP contribution < -0.4 is 0 Å². The quantitative estimate of drug-likeness (QED) is 0.822. The molecule has 1 heterocycles. The number of aromatic nitrogens is 2. The summed E-state index contributed by atoms with van der Waals surface area (Å²) in [5.74, 6) is -0.300. The molecule has 0 aliphatic rings. The van der Waals surface area contributed by atoms with E-state index in [0.717, 1.165) is 22.6 Å². The fraction of sp³-hybridized carbons (Fsp3) is 0.467. The van der Waals surface area contributed by atoms with E-state index in [1.165, 1.54) is 11.8 Å². The number of hydrogen-bond acceptors (Lipinski definition) is 3. The minimum absolute atomic E-state index is 0.0395. The number of carboxylic acid groups (broad SMARTS) is 1. The summed E-state index contributed by atoms with van der Waals surface area (Å²) in [6.45, 7) is 6.54. The molecule has 2 aromatic rings. The molecule has 0 aliphatic carbocycles. The summed E-state index contributed by atoms with van der Waals surface area (Å²) in [6, 6.07) is 8.32. The minimum atomic E-state index is -0.814. The van der Waals surface area contributed by atoms with E-state index in [1.54, 1.807) is 0 Å². The summed E-state index contributed by atoms with van der Waals surface area (Å²) in [4.78, 5) is 15.4. The summed E-state index contributed by atoms with van der Waals surface area (Å²) in [5.41, 5.74) is 2.01. The highest BCUT2D eigenvalue weighted by Gasteiger charge is 2.21. The fourth-order valence-corrected chi connectivity index (χ4v) is 3.31. The summed E-state index contributed by atoms with van der Waals surface area (Å²) in [6.07, 6.45) is 0.999. The third-order valence-electron chi connectivity index (χ3n) is 3.41. The van der Waals surface area contributed by atoms with E-state index in [2.05, 4.69) is 36.4 Å². The van der Waals surface area contributed by atoms with E-state index in [-0.39, 0.29) is 5.75 Å². The Morgan fingerprint density at radius 3 is 2.70 bits per heavy atom. The van der Waals surface area contributed by atoms with Gasteiger partial charge in [0, 0.05) is 6.04 Å². The molecule has 1 aromatic heterocycles. The number of thioether (sulfide) groups is 1. The molecule has 0 bridgehead atoms. The third kappa shape index (κ3) is 2.98. The molecule has 0 saturated carbocycles. The van der Waals surface area contributed by atoms with Crippen LogP contribution in [0.4, 0.5) is 0 Å². The van der Waals surface area contributed by atoms with Crippen LogP contribution in [0.1, 0.15) is 33.2 Å². The van der Waals surface area contributed by atoms with Crippen LogP contribution >= 0.6 is 11.8 Å². The van der Waals surface area contributed by atoms with Crippen LogP contribution in [0.2, 0.25) is 0 Å². The van der Waals surface area contributed by atoms with Gasteiger partial charge in [0.1, 0.15) is 0 Å². The highest BCUT2D eigenvalue weighted by atomic mass is 32.2. The van der Waals surface area contributed by atoms with Crippen molar-refractivity contribution in [2.45, 2.75) is 38.4 Å². The lowest BCUT2D eigenvalue weighted by Gasteiger charge is -2.23. The SMILES string of the molecule is CCC(C(C)C)n1c(SCC(=O)O)nc2ccccc21. The first kappa shape index (κ1) is 14.9. The molecule has 0 aliphatic heterocycles. The van der Waals surface area contributed by atoms with Gasteiger partial charge in [0.25, 0.3) is 0 Å². The average molecular weight is 292 g/mol. The zero-order chi connectivity index (χ0) is 14.7. The van der Waals surface area contributed by atoms with Crippen molar-refractivity contribution in [2.24, 2.45) is 5.92 Å². The van der Waals surface area contributed by atoms with Gasteiger partial charge in [0.2, 0.25) is 0 Å². The number of rotatable bonds is 6. The molecule has 1 N–H and O–H groups in total. The maximum atomic E-state index is 10.8. The zero-order valence-corrected chi connectivity index (χ0v) is 12.9. The average Bonchev–Trinajstić information content (AvgIpc) is 2.76. The summed E-state index contributed by atoms with van der Waals surface area (Å²) >= 11 is 1.29.